The molecule has 0 aliphatic rings. The van der Waals surface area contributed by atoms with Crippen molar-refractivity contribution >= 4 is 48.1 Å². The van der Waals surface area contributed by atoms with Gasteiger partial charge in [0, 0.05) is 74.2 Å². The van der Waals surface area contributed by atoms with E-state index in [0.29, 0.717) is 36.4 Å². The number of amides is 3. The molecule has 0 radical (unpaired) electrons. The largest absolute Gasteiger partial charge is 1.00 e. The van der Waals surface area contributed by atoms with Gasteiger partial charge >= 0.3 is 88.7 Å². The molecule has 28 heteroatoms. The van der Waals surface area contributed by atoms with Gasteiger partial charge in [-0.3, -0.25) is 32.9 Å². The van der Waals surface area contributed by atoms with Crippen LogP contribution in [-0.4, -0.2) is 116 Å². The molecule has 0 fully saturated rings. The fraction of sp³-hybridized carbons (Fsp3) is 0.222. The van der Waals surface area contributed by atoms with Gasteiger partial charge in [0.1, 0.15) is 17.2 Å². The molecule has 3 aromatic rings. The van der Waals surface area contributed by atoms with E-state index in [1.807, 2.05) is 0 Å². The number of nitrogens with zero attached hydrogens (tertiary/aromatic N) is 1. The Balaban J connectivity index is 0.00000972. The summed E-state index contributed by atoms with van der Waals surface area (Å²) < 4.78 is 96.4. The van der Waals surface area contributed by atoms with Crippen molar-refractivity contribution < 1.29 is 173 Å². The first-order valence-electron chi connectivity index (χ1n) is 14.0. The van der Waals surface area contributed by atoms with Crippen molar-refractivity contribution in [2.24, 2.45) is 0 Å². The second-order valence-electron chi connectivity index (χ2n) is 10.5. The third kappa shape index (κ3) is 14.5. The summed E-state index contributed by atoms with van der Waals surface area (Å²) in [4.78, 5) is 36.5. The van der Waals surface area contributed by atoms with Crippen LogP contribution in [0.25, 0.3) is 0 Å². The van der Waals surface area contributed by atoms with E-state index < -0.39 is 114 Å². The zero-order chi connectivity index (χ0) is 39.3. The van der Waals surface area contributed by atoms with Crippen LogP contribution in [0.15, 0.2) is 51.1 Å². The maximum atomic E-state index is 12.7. The van der Waals surface area contributed by atoms with E-state index in [2.05, 4.69) is 16.0 Å². The summed E-state index contributed by atoms with van der Waals surface area (Å²) in [5.41, 5.74) is -2.61. The zero-order valence-corrected chi connectivity index (χ0v) is 37.4. The Labute approximate surface area is 379 Å². The van der Waals surface area contributed by atoms with Crippen LogP contribution in [0.2, 0.25) is 0 Å². The molecule has 0 atom stereocenters. The molecule has 0 heterocycles. The topological polar surface area (TPSA) is 384 Å². The van der Waals surface area contributed by atoms with E-state index in [0.717, 1.165) is 0 Å². The minimum atomic E-state index is -4.94. The molecule has 0 aromatic heterocycles. The van der Waals surface area contributed by atoms with Crippen LogP contribution in [0, 0.1) is 0 Å². The predicted octanol–water partition coefficient (Wildman–Crippen LogP) is -12.3. The molecule has 0 aliphatic heterocycles. The number of carbonyl (C=O) groups is 3. The van der Waals surface area contributed by atoms with Crippen molar-refractivity contribution in [2.75, 3.05) is 39.3 Å². The molecular weight excluding hydrogens is 833 g/mol. The summed E-state index contributed by atoms with van der Waals surface area (Å²) in [6.07, 6.45) is 0. The molecule has 0 saturated carbocycles. The fourth-order valence-electron chi connectivity index (χ4n) is 4.32. The second kappa shape index (κ2) is 21.4. The van der Waals surface area contributed by atoms with Crippen LogP contribution in [0.5, 0.6) is 34.5 Å². The molecule has 3 aromatic carbocycles. The predicted molar refractivity (Wildman–Crippen MR) is 166 cm³/mol. The first-order chi connectivity index (χ1) is 23.9. The van der Waals surface area contributed by atoms with Gasteiger partial charge in [-0.2, -0.15) is 25.3 Å². The number of rotatable bonds is 15. The molecule has 3 amide bonds. The molecule has 284 valence electrons. The number of carbonyl (C=O) groups excluding carboxylic acids is 3. The first kappa shape index (κ1) is 52.6. The van der Waals surface area contributed by atoms with E-state index in [9.17, 15) is 83.9 Å². The van der Waals surface area contributed by atoms with Crippen molar-refractivity contribution in [3.63, 3.8) is 0 Å². The van der Waals surface area contributed by atoms with Crippen molar-refractivity contribution in [1.82, 2.24) is 20.9 Å². The molecule has 3 rings (SSSR count). The minimum Gasteiger partial charge on any atom is -0.869 e. The minimum absolute atomic E-state index is 0. The monoisotopic (exact) mass is 860 g/mol. The number of benzene rings is 3. The summed E-state index contributed by atoms with van der Waals surface area (Å²) in [6.45, 7) is -1.68. The first-order valence-corrected chi connectivity index (χ1v) is 18.3. The summed E-state index contributed by atoms with van der Waals surface area (Å²) in [6, 6.07) is 2.79. The number of phenolic OH excluding ortho intramolecular Hbond substituents is 3. The molecule has 0 aliphatic carbocycles. The number of hydrogen-bond acceptors (Lipinski definition) is 16. The Morgan fingerprint density at radius 3 is 0.909 bits per heavy atom. The van der Waals surface area contributed by atoms with Crippen LogP contribution >= 0.6 is 0 Å². The van der Waals surface area contributed by atoms with Crippen molar-refractivity contribution in [2.45, 2.75) is 14.7 Å². The number of aromatic hydroxyl groups is 3. The normalized spacial score (nSPS) is 11.3. The Hall–Kier alpha value is -2.44. The van der Waals surface area contributed by atoms with Gasteiger partial charge < -0.3 is 46.6 Å². The maximum absolute atomic E-state index is 12.7. The fourth-order valence-corrected chi connectivity index (χ4v) is 5.90. The summed E-state index contributed by atoms with van der Waals surface area (Å²) in [7, 11) is -14.8. The molecule has 22 nitrogen and oxygen atoms in total. The van der Waals surface area contributed by atoms with Crippen LogP contribution < -0.4 is 120 Å². The second-order valence-corrected chi connectivity index (χ2v) is 14.8. The smallest absolute Gasteiger partial charge is 0.869 e. The zero-order valence-electron chi connectivity index (χ0n) is 29.0. The third-order valence-corrected chi connectivity index (χ3v) is 9.39. The average molecular weight is 861 g/mol. The van der Waals surface area contributed by atoms with Gasteiger partial charge in [0.2, 0.25) is 0 Å². The average Bonchev–Trinajstić information content (AvgIpc) is 3.02. The van der Waals surface area contributed by atoms with E-state index in [-0.39, 0.29) is 128 Å². The maximum Gasteiger partial charge on any atom is 1.00 e. The van der Waals surface area contributed by atoms with Crippen LogP contribution in [0.4, 0.5) is 0 Å². The van der Waals surface area contributed by atoms with Crippen LogP contribution in [0.3, 0.4) is 0 Å². The van der Waals surface area contributed by atoms with Gasteiger partial charge in [0.25, 0.3) is 48.1 Å². The van der Waals surface area contributed by atoms with E-state index in [1.165, 1.54) is 4.90 Å². The summed E-state index contributed by atoms with van der Waals surface area (Å²) in [5, 5.41) is 72.6. The number of nitrogens with one attached hydrogen (secondary N) is 3. The van der Waals surface area contributed by atoms with Crippen molar-refractivity contribution in [3.05, 3.63) is 53.1 Å². The SMILES string of the molecule is O=C(NCCN(CCNC(=O)c1cc(S(=O)(=O)O)cc(O)c1[O-])CCNC(=O)c1cc(S(=O)(=O)O)cc(O)c1[O-])c1cc(S(=O)(=O)O)cc(O)c1[O-].[Na+].[Na+].[Na+]. The summed E-state index contributed by atoms with van der Waals surface area (Å²) in [5.74, 6) is -10.9. The van der Waals surface area contributed by atoms with E-state index >= 15 is 0 Å². The molecule has 9 N–H and O–H groups in total. The van der Waals surface area contributed by atoms with Gasteiger partial charge in [-0.1, -0.05) is 17.2 Å². The van der Waals surface area contributed by atoms with Gasteiger partial charge in [-0.05, 0) is 18.2 Å². The van der Waals surface area contributed by atoms with Gasteiger partial charge in [0.15, 0.2) is 0 Å². The van der Waals surface area contributed by atoms with Crippen molar-refractivity contribution in [1.29, 1.82) is 0 Å². The molecule has 55 heavy (non-hydrogen) atoms. The molecule has 0 spiro atoms. The third-order valence-electron chi connectivity index (χ3n) is 6.90. The van der Waals surface area contributed by atoms with E-state index in [4.69, 9.17) is 0 Å². The Morgan fingerprint density at radius 1 is 0.491 bits per heavy atom. The van der Waals surface area contributed by atoms with E-state index in [1.54, 1.807) is 0 Å². The van der Waals surface area contributed by atoms with Gasteiger partial charge in [0.05, 0.1) is 14.7 Å². The molecule has 0 unspecified atom stereocenters. The quantitative estimate of drug-likeness (QED) is 0.0506. The summed E-state index contributed by atoms with van der Waals surface area (Å²) >= 11 is 0. The van der Waals surface area contributed by atoms with Crippen LogP contribution in [0.1, 0.15) is 31.1 Å². The van der Waals surface area contributed by atoms with Gasteiger partial charge in [-0.15, -0.1) is 0 Å². The number of phenols is 3. The standard InChI is InChI=1S/C27H30N4O18S3.3Na/c32-19-10-13(50(41,42)43)7-16(22(19)35)25(38)28-1-4-31(5-2-29-26(39)17-8-14(51(44,45)46)11-20(33)23(17)36)6-3-30-27(40)18-9-15(52(47,48)49)12-21(34)24(18)37;;;/h7-12,32-37H,1-6H2,(H,28,38)(H,29,39)(H,30,40)(H,41,42,43)(H,44,45,46)(H,47,48,49);;;/q;3*+1/p-3. The van der Waals surface area contributed by atoms with Crippen LogP contribution in [-0.2, 0) is 30.4 Å². The Bertz CT molecular complexity index is 2010. The van der Waals surface area contributed by atoms with Gasteiger partial charge in [-0.25, -0.2) is 0 Å². The Morgan fingerprint density at radius 2 is 0.709 bits per heavy atom. The number of hydrogen-bond donors (Lipinski definition) is 9. The van der Waals surface area contributed by atoms with Crippen molar-refractivity contribution in [3.8, 4) is 34.5 Å². The Kier molecular flexibility index (Phi) is 20.4. The molecular formula is C27H27N4Na3O18S3. The molecule has 0 bridgehead atoms. The molecule has 0 saturated heterocycles.